The maximum atomic E-state index is 6.20. The van der Waals surface area contributed by atoms with Gasteiger partial charge in [0, 0.05) is 12.0 Å². The lowest BCUT2D eigenvalue weighted by Crippen LogP contribution is -2.53. The van der Waals surface area contributed by atoms with E-state index in [0.29, 0.717) is 5.41 Å². The number of rotatable bonds is 7. The number of ether oxygens (including phenoxy) is 1. The van der Waals surface area contributed by atoms with E-state index in [-0.39, 0.29) is 5.41 Å². The Morgan fingerprint density at radius 3 is 2.24 bits per heavy atom. The Kier molecular flexibility index (Phi) is 4.98. The van der Waals surface area contributed by atoms with Crippen molar-refractivity contribution in [1.29, 1.82) is 0 Å². The molecule has 0 aromatic heterocycles. The molecule has 1 aromatic carbocycles. The third kappa shape index (κ3) is 2.96. The van der Waals surface area contributed by atoms with Gasteiger partial charge < -0.3 is 10.5 Å². The normalized spacial score (nSPS) is 19.1. The van der Waals surface area contributed by atoms with Crippen LogP contribution in [0.1, 0.15) is 63.5 Å². The molecule has 0 amide bonds. The molecule has 0 atom stereocenters. The van der Waals surface area contributed by atoms with E-state index >= 15 is 0 Å². The van der Waals surface area contributed by atoms with Crippen molar-refractivity contribution in [1.82, 2.24) is 0 Å². The van der Waals surface area contributed by atoms with Crippen molar-refractivity contribution in [2.24, 2.45) is 11.1 Å². The molecule has 0 radical (unpaired) electrons. The average Bonchev–Trinajstić information content (AvgIpc) is 2.45. The van der Waals surface area contributed by atoms with Gasteiger partial charge in [-0.3, -0.25) is 0 Å². The van der Waals surface area contributed by atoms with E-state index < -0.39 is 0 Å². The quantitative estimate of drug-likeness (QED) is 0.797. The molecule has 1 fully saturated rings. The second-order valence-electron chi connectivity index (χ2n) is 7.02. The monoisotopic (exact) mass is 289 g/mol. The summed E-state index contributed by atoms with van der Waals surface area (Å²) >= 11 is 0. The number of hydrogen-bond acceptors (Lipinski definition) is 2. The number of nitrogens with two attached hydrogens (primary N) is 1. The van der Waals surface area contributed by atoms with E-state index in [4.69, 9.17) is 10.5 Å². The number of hydrogen-bond donors (Lipinski definition) is 1. The van der Waals surface area contributed by atoms with Crippen LogP contribution >= 0.6 is 0 Å². The van der Waals surface area contributed by atoms with Crippen molar-refractivity contribution < 1.29 is 4.74 Å². The zero-order valence-corrected chi connectivity index (χ0v) is 14.2. The largest absolute Gasteiger partial charge is 0.496 e. The van der Waals surface area contributed by atoms with Gasteiger partial charge in [-0.2, -0.15) is 0 Å². The summed E-state index contributed by atoms with van der Waals surface area (Å²) in [6, 6.07) is 6.64. The van der Waals surface area contributed by atoms with Gasteiger partial charge in [0.05, 0.1) is 7.11 Å². The first-order chi connectivity index (χ1) is 10.0. The van der Waals surface area contributed by atoms with Gasteiger partial charge in [-0.15, -0.1) is 0 Å². The van der Waals surface area contributed by atoms with Gasteiger partial charge >= 0.3 is 0 Å². The number of methoxy groups -OCH3 is 1. The molecule has 0 unspecified atom stereocenters. The number of benzene rings is 1. The summed E-state index contributed by atoms with van der Waals surface area (Å²) in [7, 11) is 1.75. The molecule has 2 nitrogen and oxygen atoms in total. The molecule has 0 aliphatic heterocycles. The maximum Gasteiger partial charge on any atom is 0.122 e. The third-order valence-corrected chi connectivity index (χ3v) is 5.40. The van der Waals surface area contributed by atoms with E-state index in [0.717, 1.165) is 12.3 Å². The van der Waals surface area contributed by atoms with E-state index in [1.54, 1.807) is 7.11 Å². The van der Waals surface area contributed by atoms with Crippen LogP contribution < -0.4 is 10.5 Å². The van der Waals surface area contributed by atoms with Gasteiger partial charge in [0.2, 0.25) is 0 Å². The molecule has 2 N–H and O–H groups in total. The Hall–Kier alpha value is -1.02. The molecule has 1 aliphatic carbocycles. The summed E-state index contributed by atoms with van der Waals surface area (Å²) in [6.07, 6.45) is 7.71. The van der Waals surface area contributed by atoms with Gasteiger partial charge in [-0.05, 0) is 55.2 Å². The van der Waals surface area contributed by atoms with Crippen molar-refractivity contribution in [3.05, 3.63) is 29.3 Å². The lowest BCUT2D eigenvalue weighted by molar-refractivity contribution is 0.00773. The Bertz CT molecular complexity index is 466. The topological polar surface area (TPSA) is 35.2 Å². The van der Waals surface area contributed by atoms with Gasteiger partial charge in [0.1, 0.15) is 5.75 Å². The highest BCUT2D eigenvalue weighted by molar-refractivity contribution is 5.42. The van der Waals surface area contributed by atoms with Gasteiger partial charge in [0.25, 0.3) is 0 Å². The van der Waals surface area contributed by atoms with Crippen LogP contribution in [0.4, 0.5) is 0 Å². The molecule has 0 bridgehead atoms. The molecule has 0 spiro atoms. The highest BCUT2D eigenvalue weighted by Crippen LogP contribution is 2.60. The Labute approximate surface area is 130 Å². The lowest BCUT2D eigenvalue weighted by atomic mass is 9.48. The molecule has 118 valence electrons. The first kappa shape index (κ1) is 16.4. The molecule has 0 heterocycles. The SMILES string of the molecule is CCCC1(CCC)CC(CN)(c2ccc(C)c(OC)c2)C1. The fourth-order valence-electron chi connectivity index (χ4n) is 4.54. The van der Waals surface area contributed by atoms with Crippen molar-refractivity contribution in [2.75, 3.05) is 13.7 Å². The second-order valence-corrected chi connectivity index (χ2v) is 7.02. The van der Waals surface area contributed by atoms with E-state index in [2.05, 4.69) is 39.0 Å². The van der Waals surface area contributed by atoms with Crippen molar-refractivity contribution in [3.63, 3.8) is 0 Å². The molecular formula is C19H31NO. The fourth-order valence-corrected chi connectivity index (χ4v) is 4.54. The zero-order chi connectivity index (χ0) is 15.5. The summed E-state index contributed by atoms with van der Waals surface area (Å²) in [5.41, 5.74) is 9.47. The van der Waals surface area contributed by atoms with Crippen LogP contribution in [-0.4, -0.2) is 13.7 Å². The minimum Gasteiger partial charge on any atom is -0.496 e. The molecule has 2 heteroatoms. The molecule has 21 heavy (non-hydrogen) atoms. The van der Waals surface area contributed by atoms with Crippen LogP contribution in [0.2, 0.25) is 0 Å². The smallest absolute Gasteiger partial charge is 0.122 e. The Balaban J connectivity index is 2.25. The summed E-state index contributed by atoms with van der Waals surface area (Å²) in [6.45, 7) is 7.44. The lowest BCUT2D eigenvalue weighted by Gasteiger charge is -2.57. The molecular weight excluding hydrogens is 258 g/mol. The highest BCUT2D eigenvalue weighted by Gasteiger charge is 2.53. The summed E-state index contributed by atoms with van der Waals surface area (Å²) in [4.78, 5) is 0. The van der Waals surface area contributed by atoms with Crippen LogP contribution in [0.3, 0.4) is 0 Å². The Morgan fingerprint density at radius 2 is 1.76 bits per heavy atom. The summed E-state index contributed by atoms with van der Waals surface area (Å²) in [5.74, 6) is 0.990. The number of aryl methyl sites for hydroxylation is 1. The summed E-state index contributed by atoms with van der Waals surface area (Å²) in [5, 5.41) is 0. The first-order valence-corrected chi connectivity index (χ1v) is 8.40. The minimum atomic E-state index is 0.172. The Morgan fingerprint density at radius 1 is 1.14 bits per heavy atom. The molecule has 1 aromatic rings. The molecule has 2 rings (SSSR count). The average molecular weight is 289 g/mol. The van der Waals surface area contributed by atoms with E-state index in [9.17, 15) is 0 Å². The van der Waals surface area contributed by atoms with Crippen LogP contribution in [-0.2, 0) is 5.41 Å². The zero-order valence-electron chi connectivity index (χ0n) is 14.2. The maximum absolute atomic E-state index is 6.20. The molecule has 1 aliphatic rings. The first-order valence-electron chi connectivity index (χ1n) is 8.40. The van der Waals surface area contributed by atoms with Crippen LogP contribution in [0.5, 0.6) is 5.75 Å². The van der Waals surface area contributed by atoms with Crippen LogP contribution in [0.25, 0.3) is 0 Å². The predicted molar refractivity (Wildman–Crippen MR) is 89.9 cm³/mol. The molecule has 0 saturated heterocycles. The van der Waals surface area contributed by atoms with E-state index in [1.165, 1.54) is 49.7 Å². The fraction of sp³-hybridized carbons (Fsp3) is 0.684. The van der Waals surface area contributed by atoms with Gasteiger partial charge in [-0.25, -0.2) is 0 Å². The van der Waals surface area contributed by atoms with Gasteiger partial charge in [0.15, 0.2) is 0 Å². The van der Waals surface area contributed by atoms with Gasteiger partial charge in [-0.1, -0.05) is 38.8 Å². The van der Waals surface area contributed by atoms with E-state index in [1.807, 2.05) is 0 Å². The molecule has 1 saturated carbocycles. The highest BCUT2D eigenvalue weighted by atomic mass is 16.5. The van der Waals surface area contributed by atoms with Crippen molar-refractivity contribution in [3.8, 4) is 5.75 Å². The predicted octanol–water partition coefficient (Wildman–Crippen LogP) is 4.58. The van der Waals surface area contributed by atoms with Crippen molar-refractivity contribution >= 4 is 0 Å². The standard InChI is InChI=1S/C19H31NO/c1-5-9-18(10-6-2)12-19(13-18,14-20)16-8-7-15(3)17(11-16)21-4/h7-8,11H,5-6,9-10,12-14,20H2,1-4H3. The third-order valence-electron chi connectivity index (χ3n) is 5.40. The minimum absolute atomic E-state index is 0.172. The van der Waals surface area contributed by atoms with Crippen molar-refractivity contribution in [2.45, 2.75) is 64.7 Å². The second kappa shape index (κ2) is 6.39. The summed E-state index contributed by atoms with van der Waals surface area (Å²) < 4.78 is 5.50. The van der Waals surface area contributed by atoms with Crippen LogP contribution in [0, 0.1) is 12.3 Å². The van der Waals surface area contributed by atoms with Crippen LogP contribution in [0.15, 0.2) is 18.2 Å².